The molecular formula is C12H5ClF9I. The molecule has 0 aliphatic heterocycles. The highest BCUT2D eigenvalue weighted by atomic mass is 127. The summed E-state index contributed by atoms with van der Waals surface area (Å²) in [7, 11) is 0. The van der Waals surface area contributed by atoms with Gasteiger partial charge in [-0.3, -0.25) is 0 Å². The van der Waals surface area contributed by atoms with Crippen LogP contribution in [0, 0.1) is 0 Å². The van der Waals surface area contributed by atoms with Gasteiger partial charge in [0, 0.05) is 14.7 Å². The zero-order valence-electron chi connectivity index (χ0n) is 10.5. The van der Waals surface area contributed by atoms with Crippen molar-refractivity contribution in [3.05, 3.63) is 40.9 Å². The average Bonchev–Trinajstić information content (AvgIpc) is 2.37. The smallest absolute Gasteiger partial charge is 0.195 e. The van der Waals surface area contributed by atoms with Crippen molar-refractivity contribution in [3.8, 4) is 0 Å². The summed E-state index contributed by atoms with van der Waals surface area (Å²) in [5.74, 6) is -19.3. The van der Waals surface area contributed by atoms with Crippen LogP contribution < -0.4 is 0 Å². The van der Waals surface area contributed by atoms with Gasteiger partial charge in [-0.15, -0.1) is 0 Å². The minimum absolute atomic E-state index is 0.110. The Bertz CT molecular complexity index is 590. The molecule has 0 nitrogen and oxygen atoms in total. The number of benzene rings is 1. The van der Waals surface area contributed by atoms with E-state index in [9.17, 15) is 39.5 Å². The van der Waals surface area contributed by atoms with Gasteiger partial charge in [0.2, 0.25) is 0 Å². The predicted molar refractivity (Wildman–Crippen MR) is 74.3 cm³/mol. The number of allylic oxidation sites excluding steroid dienone is 1. The van der Waals surface area contributed by atoms with Gasteiger partial charge >= 0.3 is 23.9 Å². The van der Waals surface area contributed by atoms with Crippen LogP contribution >= 0.6 is 34.2 Å². The number of hydrogen-bond acceptors (Lipinski definition) is 0. The first-order valence-electron chi connectivity index (χ1n) is 5.48. The minimum atomic E-state index is -6.91. The molecule has 0 aromatic heterocycles. The molecule has 0 spiro atoms. The van der Waals surface area contributed by atoms with Crippen molar-refractivity contribution in [2.24, 2.45) is 0 Å². The first-order valence-corrected chi connectivity index (χ1v) is 6.93. The maximum absolute atomic E-state index is 13.4. The Kier molecular flexibility index (Phi) is 5.62. The largest absolute Gasteiger partial charge is 0.460 e. The van der Waals surface area contributed by atoms with Crippen LogP contribution in [-0.4, -0.2) is 23.9 Å². The third-order valence-electron chi connectivity index (χ3n) is 2.60. The van der Waals surface area contributed by atoms with Crippen LogP contribution in [0.25, 0.3) is 3.58 Å². The molecule has 0 radical (unpaired) electrons. The van der Waals surface area contributed by atoms with Gasteiger partial charge in [-0.1, -0.05) is 23.7 Å². The summed E-state index contributed by atoms with van der Waals surface area (Å²) in [6.45, 7) is 0. The van der Waals surface area contributed by atoms with Gasteiger partial charge in [0.1, 0.15) is 0 Å². The van der Waals surface area contributed by atoms with Gasteiger partial charge in [0.05, 0.1) is 0 Å². The van der Waals surface area contributed by atoms with Crippen LogP contribution in [-0.2, 0) is 0 Å². The highest BCUT2D eigenvalue weighted by molar-refractivity contribution is 14.1. The molecule has 1 rings (SSSR count). The van der Waals surface area contributed by atoms with Crippen LogP contribution in [0.5, 0.6) is 0 Å². The third-order valence-corrected chi connectivity index (χ3v) is 3.78. The highest BCUT2D eigenvalue weighted by Crippen LogP contribution is 2.54. The highest BCUT2D eigenvalue weighted by Gasteiger charge is 2.81. The summed E-state index contributed by atoms with van der Waals surface area (Å²) in [5, 5.41) is 0.179. The van der Waals surface area contributed by atoms with Crippen molar-refractivity contribution in [2.45, 2.75) is 23.9 Å². The molecule has 0 atom stereocenters. The lowest BCUT2D eigenvalue weighted by Crippen LogP contribution is -2.60. The summed E-state index contributed by atoms with van der Waals surface area (Å²) in [6, 6.07) is 4.61. The maximum Gasteiger partial charge on any atom is 0.460 e. The summed E-state index contributed by atoms with van der Waals surface area (Å²) >= 11 is 6.63. The summed E-state index contributed by atoms with van der Waals surface area (Å²) in [6.07, 6.45) is -7.48. The number of halogens is 11. The molecular weight excluding hydrogens is 477 g/mol. The van der Waals surface area contributed by atoms with E-state index in [0.717, 1.165) is 34.7 Å². The van der Waals surface area contributed by atoms with E-state index in [4.69, 9.17) is 11.6 Å². The molecule has 0 amide bonds. The van der Waals surface area contributed by atoms with Crippen molar-refractivity contribution in [1.29, 1.82) is 0 Å². The quantitative estimate of drug-likeness (QED) is 0.336. The Morgan fingerprint density at radius 3 is 1.65 bits per heavy atom. The first kappa shape index (κ1) is 20.4. The second-order valence-electron chi connectivity index (χ2n) is 4.27. The Labute approximate surface area is 142 Å². The third kappa shape index (κ3) is 3.89. The van der Waals surface area contributed by atoms with E-state index in [-0.39, 0.29) is 10.6 Å². The molecule has 0 bridgehead atoms. The zero-order chi connectivity index (χ0) is 18.3. The van der Waals surface area contributed by atoms with E-state index < -0.39 is 33.6 Å². The van der Waals surface area contributed by atoms with E-state index in [0.29, 0.717) is 0 Å². The van der Waals surface area contributed by atoms with Gasteiger partial charge in [-0.05, 0) is 40.3 Å². The molecule has 11 heteroatoms. The summed E-state index contributed by atoms with van der Waals surface area (Å²) in [5.41, 5.74) is -0.110. The van der Waals surface area contributed by atoms with Crippen LogP contribution in [0.3, 0.4) is 0 Å². The number of alkyl halides is 9. The van der Waals surface area contributed by atoms with Gasteiger partial charge in [0.15, 0.2) is 0 Å². The van der Waals surface area contributed by atoms with Crippen molar-refractivity contribution < 1.29 is 39.5 Å². The Morgan fingerprint density at radius 2 is 1.26 bits per heavy atom. The normalized spacial score (nSPS) is 15.0. The number of hydrogen-bond donors (Lipinski definition) is 0. The van der Waals surface area contributed by atoms with Crippen LogP contribution in [0.4, 0.5) is 39.5 Å². The molecule has 1 aromatic rings. The van der Waals surface area contributed by atoms with Gasteiger partial charge < -0.3 is 0 Å². The van der Waals surface area contributed by atoms with E-state index in [1.807, 2.05) is 0 Å². The fourth-order valence-corrected chi connectivity index (χ4v) is 2.21. The topological polar surface area (TPSA) is 0 Å². The molecule has 0 saturated carbocycles. The van der Waals surface area contributed by atoms with Crippen LogP contribution in [0.1, 0.15) is 5.56 Å². The van der Waals surface area contributed by atoms with Crippen molar-refractivity contribution >= 4 is 37.8 Å². The second-order valence-corrected chi connectivity index (χ2v) is 5.87. The molecule has 130 valence electrons. The molecule has 1 aromatic carbocycles. The zero-order valence-corrected chi connectivity index (χ0v) is 13.5. The molecule has 0 saturated heterocycles. The molecule has 0 unspecified atom stereocenters. The van der Waals surface area contributed by atoms with E-state index in [1.165, 1.54) is 12.1 Å². The molecule has 0 aliphatic rings. The van der Waals surface area contributed by atoms with Crippen molar-refractivity contribution in [1.82, 2.24) is 0 Å². The Balaban J connectivity index is 3.28. The summed E-state index contributed by atoms with van der Waals surface area (Å²) < 4.78 is 114. The van der Waals surface area contributed by atoms with E-state index in [1.54, 1.807) is 0 Å². The van der Waals surface area contributed by atoms with Gasteiger partial charge in [-0.2, -0.15) is 39.5 Å². The predicted octanol–water partition coefficient (Wildman–Crippen LogP) is 6.58. The van der Waals surface area contributed by atoms with Crippen LogP contribution in [0.2, 0.25) is 5.02 Å². The van der Waals surface area contributed by atoms with E-state index >= 15 is 0 Å². The standard InChI is InChI=1S/C12H5ClF9I/c13-7-3-1-6(2-4-7)8(23)5-9(14,15)10(16,17)11(18,19)12(20,21)22/h1-5H/b8-5+. The second kappa shape index (κ2) is 6.34. The molecule has 0 fully saturated rings. The lowest BCUT2D eigenvalue weighted by molar-refractivity contribution is -0.388. The Morgan fingerprint density at radius 1 is 0.826 bits per heavy atom. The van der Waals surface area contributed by atoms with Gasteiger partial charge in [0.25, 0.3) is 0 Å². The van der Waals surface area contributed by atoms with E-state index in [2.05, 4.69) is 0 Å². The maximum atomic E-state index is 13.4. The van der Waals surface area contributed by atoms with Gasteiger partial charge in [-0.25, -0.2) is 0 Å². The molecule has 0 heterocycles. The van der Waals surface area contributed by atoms with Crippen molar-refractivity contribution in [2.75, 3.05) is 0 Å². The van der Waals surface area contributed by atoms with Crippen molar-refractivity contribution in [3.63, 3.8) is 0 Å². The lowest BCUT2D eigenvalue weighted by atomic mass is 10.0. The fourth-order valence-electron chi connectivity index (χ4n) is 1.33. The Hall–Kier alpha value is -0.650. The fraction of sp³-hybridized carbons (Fsp3) is 0.333. The number of rotatable bonds is 4. The molecule has 0 N–H and O–H groups in total. The monoisotopic (exact) mass is 482 g/mol. The first-order chi connectivity index (χ1) is 10.1. The SMILES string of the molecule is FC(F)(F)C(F)(F)C(F)(F)C(F)(F)/C=C(/I)c1ccc(Cl)cc1. The van der Waals surface area contributed by atoms with Crippen LogP contribution in [0.15, 0.2) is 30.3 Å². The molecule has 23 heavy (non-hydrogen) atoms. The minimum Gasteiger partial charge on any atom is -0.195 e. The average molecular weight is 483 g/mol. The lowest BCUT2D eigenvalue weighted by Gasteiger charge is -2.32. The summed E-state index contributed by atoms with van der Waals surface area (Å²) in [4.78, 5) is 0. The molecule has 0 aliphatic carbocycles.